The van der Waals surface area contributed by atoms with Crippen LogP contribution in [0.4, 0.5) is 5.69 Å². The van der Waals surface area contributed by atoms with Crippen molar-refractivity contribution in [1.82, 2.24) is 4.90 Å². The van der Waals surface area contributed by atoms with Crippen LogP contribution in [0.25, 0.3) is 0 Å². The second-order valence-corrected chi connectivity index (χ2v) is 9.34. The molecule has 2 aromatic carbocycles. The summed E-state index contributed by atoms with van der Waals surface area (Å²) in [5, 5.41) is 0.293. The molecule has 0 atom stereocenters. The molecule has 0 unspecified atom stereocenters. The zero-order valence-corrected chi connectivity index (χ0v) is 17.5. The molecule has 1 aliphatic heterocycles. The van der Waals surface area contributed by atoms with Gasteiger partial charge in [-0.25, -0.2) is 8.42 Å². The fourth-order valence-electron chi connectivity index (χ4n) is 3.33. The van der Waals surface area contributed by atoms with Crippen LogP contribution < -0.4 is 4.31 Å². The molecule has 7 heteroatoms. The predicted octanol–water partition coefficient (Wildman–Crippen LogP) is 4.25. The van der Waals surface area contributed by atoms with E-state index in [0.717, 1.165) is 35.6 Å². The summed E-state index contributed by atoms with van der Waals surface area (Å²) in [4.78, 5) is 14.9. The van der Waals surface area contributed by atoms with Gasteiger partial charge < -0.3 is 4.90 Å². The highest BCUT2D eigenvalue weighted by molar-refractivity contribution is 7.92. The van der Waals surface area contributed by atoms with Crippen LogP contribution in [0.15, 0.2) is 53.4 Å². The standard InChI is InChI=1S/C21H25ClN2O3S/c1-17-10-12-18(13-11-17)28(26,27)24(20-9-5-4-8-19(20)22)16-21(25)23-14-6-2-3-7-15-23/h4-5,8-13H,2-3,6-7,14-16H2,1H3. The Hall–Kier alpha value is -2.05. The van der Waals surface area contributed by atoms with Gasteiger partial charge in [0.1, 0.15) is 6.54 Å². The van der Waals surface area contributed by atoms with Crippen LogP contribution in [-0.2, 0) is 14.8 Å². The Labute approximate surface area is 172 Å². The molecule has 0 bridgehead atoms. The third-order valence-electron chi connectivity index (χ3n) is 4.97. The molecule has 0 radical (unpaired) electrons. The first-order chi connectivity index (χ1) is 13.4. The van der Waals surface area contributed by atoms with E-state index in [-0.39, 0.29) is 17.3 Å². The number of carbonyl (C=O) groups excluding carboxylic acids is 1. The lowest BCUT2D eigenvalue weighted by Gasteiger charge is -2.28. The summed E-state index contributed by atoms with van der Waals surface area (Å²) in [6.45, 7) is 2.96. The fourth-order valence-corrected chi connectivity index (χ4v) is 5.05. The van der Waals surface area contributed by atoms with E-state index in [0.29, 0.717) is 23.8 Å². The van der Waals surface area contributed by atoms with Gasteiger partial charge in [0.05, 0.1) is 15.6 Å². The minimum atomic E-state index is -3.93. The number of hydrogen-bond donors (Lipinski definition) is 0. The number of benzene rings is 2. The predicted molar refractivity (Wildman–Crippen MR) is 112 cm³/mol. The number of nitrogens with zero attached hydrogens (tertiary/aromatic N) is 2. The van der Waals surface area contributed by atoms with E-state index in [9.17, 15) is 13.2 Å². The minimum Gasteiger partial charge on any atom is -0.341 e. The summed E-state index contributed by atoms with van der Waals surface area (Å²) in [5.74, 6) is -0.197. The summed E-state index contributed by atoms with van der Waals surface area (Å²) in [7, 11) is -3.93. The lowest BCUT2D eigenvalue weighted by molar-refractivity contribution is -0.129. The van der Waals surface area contributed by atoms with Gasteiger partial charge in [-0.2, -0.15) is 0 Å². The Kier molecular flexibility index (Phi) is 6.62. The van der Waals surface area contributed by atoms with E-state index in [4.69, 9.17) is 11.6 Å². The Morgan fingerprint density at radius 3 is 2.21 bits per heavy atom. The number of anilines is 1. The number of sulfonamides is 1. The molecule has 1 aliphatic rings. The van der Waals surface area contributed by atoms with Crippen LogP contribution in [-0.4, -0.2) is 38.9 Å². The molecular formula is C21H25ClN2O3S. The Morgan fingerprint density at radius 2 is 1.61 bits per heavy atom. The highest BCUT2D eigenvalue weighted by Gasteiger charge is 2.30. The summed E-state index contributed by atoms with van der Waals surface area (Å²) in [6.07, 6.45) is 4.09. The van der Waals surface area contributed by atoms with E-state index < -0.39 is 10.0 Å². The number of likely N-dealkylation sites (tertiary alicyclic amines) is 1. The van der Waals surface area contributed by atoms with Crippen molar-refractivity contribution in [3.8, 4) is 0 Å². The minimum absolute atomic E-state index is 0.140. The lowest BCUT2D eigenvalue weighted by atomic mass is 10.2. The molecule has 3 rings (SSSR count). The van der Waals surface area contributed by atoms with Crippen molar-refractivity contribution >= 4 is 33.2 Å². The van der Waals surface area contributed by atoms with E-state index >= 15 is 0 Å². The average molecular weight is 421 g/mol. The van der Waals surface area contributed by atoms with Crippen LogP contribution in [0.3, 0.4) is 0 Å². The molecule has 0 spiro atoms. The second kappa shape index (κ2) is 8.97. The molecule has 1 heterocycles. The molecular weight excluding hydrogens is 396 g/mol. The average Bonchev–Trinajstić information content (AvgIpc) is 2.96. The molecule has 0 aromatic heterocycles. The van der Waals surface area contributed by atoms with Crippen molar-refractivity contribution in [2.75, 3.05) is 23.9 Å². The Bertz CT molecular complexity index is 921. The monoisotopic (exact) mass is 420 g/mol. The van der Waals surface area contributed by atoms with Gasteiger partial charge in [0.2, 0.25) is 5.91 Å². The van der Waals surface area contributed by atoms with Crippen molar-refractivity contribution in [2.45, 2.75) is 37.5 Å². The fraction of sp³-hybridized carbons (Fsp3) is 0.381. The van der Waals surface area contributed by atoms with Gasteiger partial charge in [-0.05, 0) is 44.0 Å². The molecule has 28 heavy (non-hydrogen) atoms. The highest BCUT2D eigenvalue weighted by atomic mass is 35.5. The third-order valence-corrected chi connectivity index (χ3v) is 7.06. The van der Waals surface area contributed by atoms with Crippen molar-refractivity contribution in [1.29, 1.82) is 0 Å². The van der Waals surface area contributed by atoms with Gasteiger partial charge in [0.15, 0.2) is 0 Å². The van der Waals surface area contributed by atoms with Crippen molar-refractivity contribution in [2.24, 2.45) is 0 Å². The van der Waals surface area contributed by atoms with E-state index in [2.05, 4.69) is 0 Å². The highest BCUT2D eigenvalue weighted by Crippen LogP contribution is 2.30. The van der Waals surface area contributed by atoms with Crippen LogP contribution >= 0.6 is 11.6 Å². The molecule has 0 aliphatic carbocycles. The number of halogens is 1. The molecule has 150 valence electrons. The number of rotatable bonds is 5. The summed E-state index contributed by atoms with van der Waals surface area (Å²) in [6, 6.07) is 13.3. The lowest BCUT2D eigenvalue weighted by Crippen LogP contribution is -2.43. The first kappa shape index (κ1) is 20.7. The zero-order valence-electron chi connectivity index (χ0n) is 16.0. The van der Waals surface area contributed by atoms with Gasteiger partial charge >= 0.3 is 0 Å². The number of aryl methyl sites for hydroxylation is 1. The van der Waals surface area contributed by atoms with Gasteiger partial charge in [0.25, 0.3) is 10.0 Å². The van der Waals surface area contributed by atoms with Gasteiger partial charge in [-0.3, -0.25) is 9.10 Å². The second-order valence-electron chi connectivity index (χ2n) is 7.07. The molecule has 0 saturated carbocycles. The van der Waals surface area contributed by atoms with Crippen LogP contribution in [0, 0.1) is 6.92 Å². The first-order valence-corrected chi connectivity index (χ1v) is 11.3. The largest absolute Gasteiger partial charge is 0.341 e. The SMILES string of the molecule is Cc1ccc(S(=O)(=O)N(CC(=O)N2CCCCCC2)c2ccccc2Cl)cc1. The Balaban J connectivity index is 1.97. The maximum Gasteiger partial charge on any atom is 0.264 e. The molecule has 1 saturated heterocycles. The molecule has 1 fully saturated rings. The van der Waals surface area contributed by atoms with Gasteiger partial charge in [-0.1, -0.05) is 54.3 Å². The zero-order chi connectivity index (χ0) is 20.1. The topological polar surface area (TPSA) is 57.7 Å². The summed E-state index contributed by atoms with van der Waals surface area (Å²) in [5.41, 5.74) is 1.27. The van der Waals surface area contributed by atoms with E-state index in [1.165, 1.54) is 0 Å². The number of hydrogen-bond acceptors (Lipinski definition) is 3. The number of carbonyl (C=O) groups is 1. The summed E-state index contributed by atoms with van der Waals surface area (Å²) >= 11 is 6.30. The van der Waals surface area contributed by atoms with Crippen molar-refractivity contribution in [3.63, 3.8) is 0 Å². The maximum absolute atomic E-state index is 13.4. The van der Waals surface area contributed by atoms with Crippen molar-refractivity contribution in [3.05, 3.63) is 59.1 Å². The van der Waals surface area contributed by atoms with E-state index in [1.54, 1.807) is 53.4 Å². The smallest absolute Gasteiger partial charge is 0.264 e. The normalized spacial score (nSPS) is 15.1. The molecule has 1 amide bonds. The third kappa shape index (κ3) is 4.67. The summed E-state index contributed by atoms with van der Waals surface area (Å²) < 4.78 is 27.9. The Morgan fingerprint density at radius 1 is 1.00 bits per heavy atom. The molecule has 2 aromatic rings. The van der Waals surface area contributed by atoms with Gasteiger partial charge in [-0.15, -0.1) is 0 Å². The first-order valence-electron chi connectivity index (χ1n) is 9.51. The van der Waals surface area contributed by atoms with Crippen LogP contribution in [0.2, 0.25) is 5.02 Å². The molecule has 5 nitrogen and oxygen atoms in total. The number of para-hydroxylation sites is 1. The quantitative estimate of drug-likeness (QED) is 0.726. The van der Waals surface area contributed by atoms with Gasteiger partial charge in [0, 0.05) is 13.1 Å². The van der Waals surface area contributed by atoms with Crippen molar-refractivity contribution < 1.29 is 13.2 Å². The number of amides is 1. The maximum atomic E-state index is 13.4. The molecule has 0 N–H and O–H groups in total. The van der Waals surface area contributed by atoms with Crippen LogP contribution in [0.1, 0.15) is 31.2 Å². The van der Waals surface area contributed by atoms with Crippen LogP contribution in [0.5, 0.6) is 0 Å². The van der Waals surface area contributed by atoms with E-state index in [1.807, 2.05) is 6.92 Å².